The number of rotatable bonds is 18. The number of ketones is 3. The number of hydrogen-bond acceptors (Lipinski definition) is 21. The number of nitrogens with one attached hydrogen (secondary N) is 6. The molecular formula is C60H63N9O15S6. The quantitative estimate of drug-likeness (QED) is 0.0435. The van der Waals surface area contributed by atoms with Gasteiger partial charge in [-0.3, -0.25) is 28.8 Å². The Balaban J connectivity index is 0.000000233. The number of carbonyl (C=O) groups excluding carboxylic acids is 6. The van der Waals surface area contributed by atoms with Crippen molar-refractivity contribution in [3.05, 3.63) is 169 Å². The van der Waals surface area contributed by atoms with Crippen LogP contribution in [0.2, 0.25) is 8.47 Å². The highest BCUT2D eigenvalue weighted by molar-refractivity contribution is 7.93. The number of thiophene rings is 3. The minimum Gasteiger partial charge on any atom is -0.337 e. The van der Waals surface area contributed by atoms with Crippen LogP contribution < -0.4 is 30.1 Å². The van der Waals surface area contributed by atoms with Crippen molar-refractivity contribution >= 4 is 134 Å². The Morgan fingerprint density at radius 2 is 0.778 bits per heavy atom. The standard InChI is InChI=1S/3C20H21N3O5S2/c3*1-10-8-11(2)17(15(9-10)14(5)24)21-19(25)18-16(6-7-29-18)30(26,27)23-20-12(3)13(4)22-28-20/h3*6-9,23H,1-5H3,(H,21,25)/i1D3,2D3,3D3,9D;3D3,8D;8D/hD6. The number of Topliss-reactive ketones (excluding diaryl/α,β-unsaturated/α-hetero) is 3. The van der Waals surface area contributed by atoms with Gasteiger partial charge >= 0.3 is 0 Å². The van der Waals surface area contributed by atoms with E-state index in [-0.39, 0.29) is 87.3 Å². The minimum absolute atomic E-state index is 0.00638. The summed E-state index contributed by atoms with van der Waals surface area (Å²) in [6.07, 6.45) is 0. The first kappa shape index (κ1) is 44.5. The van der Waals surface area contributed by atoms with Gasteiger partial charge in [0.2, 0.25) is 17.7 Å². The molecule has 9 rings (SSSR count). The van der Waals surface area contributed by atoms with Gasteiger partial charge in [0.05, 0.1) is 38.3 Å². The van der Waals surface area contributed by atoms with Crippen LogP contribution in [0.3, 0.4) is 0 Å². The molecule has 474 valence electrons. The van der Waals surface area contributed by atoms with E-state index < -0.39 is 168 Å². The number of sulfonamides is 3. The highest BCUT2D eigenvalue weighted by atomic mass is 32.2. The molecule has 3 aromatic carbocycles. The van der Waals surface area contributed by atoms with Crippen LogP contribution in [-0.4, -0.2) is 75.8 Å². The fraction of sp³-hybridized carbons (Fsp3) is 0.250. The van der Waals surface area contributed by atoms with E-state index in [4.69, 9.17) is 42.6 Å². The van der Waals surface area contributed by atoms with Gasteiger partial charge in [-0.25, -0.2) is 39.4 Å². The summed E-state index contributed by atoms with van der Waals surface area (Å²) in [7, 11) is -14.5. The molecule has 9 aromatic rings. The number of carbonyl (C=O) groups is 6. The number of aryl methyl sites for hydroxylation is 7. The zero-order valence-corrected chi connectivity index (χ0v) is 53.7. The molecule has 0 atom stereocenters. The number of amides is 3. The van der Waals surface area contributed by atoms with Gasteiger partial charge in [0.1, 0.15) is 29.3 Å². The van der Waals surface area contributed by atoms with E-state index in [1.54, 1.807) is 27.7 Å². The highest BCUT2D eigenvalue weighted by Gasteiger charge is 2.31. The lowest BCUT2D eigenvalue weighted by molar-refractivity contribution is 0.100. The van der Waals surface area contributed by atoms with Crippen molar-refractivity contribution < 1.29 is 96.6 Å². The number of aromatic nitrogens is 3. The molecule has 0 unspecified atom stereocenters. The predicted molar refractivity (Wildman–Crippen MR) is 345 cm³/mol. The van der Waals surface area contributed by atoms with Crippen LogP contribution in [-0.2, 0) is 30.1 Å². The maximum atomic E-state index is 13.5. The molecule has 0 fully saturated rings. The number of benzene rings is 3. The first-order valence-electron chi connectivity index (χ1n) is 35.6. The Bertz CT molecular complexity index is 5610. The molecule has 90 heavy (non-hydrogen) atoms. The van der Waals surface area contributed by atoms with Crippen molar-refractivity contribution in [3.63, 3.8) is 0 Å². The van der Waals surface area contributed by atoms with E-state index in [0.29, 0.717) is 61.7 Å². The fourth-order valence-electron chi connectivity index (χ4n) is 7.76. The monoisotopic (exact) mass is 1360 g/mol. The van der Waals surface area contributed by atoms with E-state index >= 15 is 0 Å². The molecule has 0 aliphatic heterocycles. The smallest absolute Gasteiger partial charge is 0.267 e. The van der Waals surface area contributed by atoms with Gasteiger partial charge in [-0.15, -0.1) is 34.0 Å². The van der Waals surface area contributed by atoms with Crippen molar-refractivity contribution in [1.29, 1.82) is 0 Å². The van der Waals surface area contributed by atoms with Crippen LogP contribution in [0.1, 0.15) is 169 Å². The second-order valence-corrected chi connectivity index (χ2v) is 26.5. The summed E-state index contributed by atoms with van der Waals surface area (Å²) in [4.78, 5) is 73.4. The molecule has 3 amide bonds. The predicted octanol–water partition coefficient (Wildman–Crippen LogP) is 12.7. The fourth-order valence-corrected chi connectivity index (χ4v) is 14.5. The van der Waals surface area contributed by atoms with Crippen LogP contribution in [0.4, 0.5) is 34.7 Å². The summed E-state index contributed by atoms with van der Waals surface area (Å²) in [6, 6.07) is 5.54. The minimum atomic E-state index is -5.10. The van der Waals surface area contributed by atoms with Crippen molar-refractivity contribution in [1.82, 2.24) is 15.5 Å². The molecule has 0 saturated carbocycles. The average molecular weight is 1360 g/mol. The topological polar surface area (TPSA) is 355 Å². The van der Waals surface area contributed by atoms with Crippen LogP contribution in [0.5, 0.6) is 0 Å². The van der Waals surface area contributed by atoms with Crippen molar-refractivity contribution in [3.8, 4) is 0 Å². The first-order valence-corrected chi connectivity index (χ1v) is 32.4. The van der Waals surface area contributed by atoms with Crippen molar-refractivity contribution in [2.24, 2.45) is 0 Å². The largest absolute Gasteiger partial charge is 0.337 e. The number of nitrogens with zero attached hydrogens (tertiary/aromatic N) is 3. The lowest BCUT2D eigenvalue weighted by Gasteiger charge is -2.14. The second kappa shape index (κ2) is 27.4. The molecule has 0 bridgehead atoms. The summed E-state index contributed by atoms with van der Waals surface area (Å²) in [5.74, 6) is -7.74. The molecule has 6 heterocycles. The Labute approximate surface area is 561 Å². The van der Waals surface area contributed by atoms with Crippen LogP contribution in [0, 0.1) is 82.8 Å². The molecule has 6 aromatic heterocycles. The van der Waals surface area contributed by atoms with E-state index in [2.05, 4.69) is 15.5 Å². The molecule has 0 aliphatic carbocycles. The number of anilines is 6. The Morgan fingerprint density at radius 3 is 1.08 bits per heavy atom. The normalized spacial score (nSPS) is 15.3. The average Bonchev–Trinajstić information content (AvgIpc) is 1.55. The molecule has 0 aliphatic rings. The lowest BCUT2D eigenvalue weighted by atomic mass is 10.0. The third-order valence-corrected chi connectivity index (χ3v) is 19.2. The SMILES string of the molecule is [2H]c1c(C([2H])([2H])[2H])cc(C([2H])([2H])[2H])c(N([2H])C(=O)c2sccc2S(=O)(=O)N([2H])c2onc(C)c2C([2H])([2H])[2H])c1C(C)=O.[2H]c1c(C)cc(C(C)=O)c(N([2H])C(=O)c2sccc2S(=O)(=O)N([2H])c2onc(C)c2C([2H])([2H])[2H])c1C.[2H]c1c(C)cc(C(C)=O)c(N([2H])C(=O)c2sccc2S(=O)(=O)N([2H])c2onc(C)c2C)c1C. The highest BCUT2D eigenvalue weighted by Crippen LogP contribution is 2.34. The maximum Gasteiger partial charge on any atom is 0.267 e. The summed E-state index contributed by atoms with van der Waals surface area (Å²) in [5.41, 5.74) is -3.25. The number of hydrogen-bond donors (Lipinski definition) is 6. The van der Waals surface area contributed by atoms with Crippen LogP contribution >= 0.6 is 34.0 Å². The van der Waals surface area contributed by atoms with Gasteiger partial charge < -0.3 is 29.5 Å². The molecule has 0 saturated heterocycles. The molecule has 6 N–H and O–H groups in total. The molecule has 30 heteroatoms. The summed E-state index contributed by atoms with van der Waals surface area (Å²) in [5, 5.41) is 14.8. The summed E-state index contributed by atoms with van der Waals surface area (Å²) >= 11 is 1.91. The second-order valence-electron chi connectivity index (χ2n) is 19.1. The van der Waals surface area contributed by atoms with Gasteiger partial charge in [-0.1, -0.05) is 33.6 Å². The van der Waals surface area contributed by atoms with E-state index in [1.807, 2.05) is 0 Å². The van der Waals surface area contributed by atoms with Crippen molar-refractivity contribution in [2.75, 3.05) is 30.1 Å². The zero-order chi connectivity index (χ0) is 84.5. The first-order chi connectivity index (χ1) is 50.7. The van der Waals surface area contributed by atoms with Gasteiger partial charge in [0.15, 0.2) is 25.8 Å². The van der Waals surface area contributed by atoms with E-state index in [9.17, 15) is 54.0 Å². The van der Waals surface area contributed by atoms with Crippen LogP contribution in [0.25, 0.3) is 0 Å². The van der Waals surface area contributed by atoms with Crippen molar-refractivity contribution in [2.45, 2.75) is 118 Å². The molecule has 0 spiro atoms. The third-order valence-electron chi connectivity index (χ3n) is 12.2. The van der Waals surface area contributed by atoms with Gasteiger partial charge in [0, 0.05) is 49.8 Å². The molecule has 0 radical (unpaired) electrons. The molecular weight excluding hydrogens is 1280 g/mol. The van der Waals surface area contributed by atoms with Gasteiger partial charge in [0.25, 0.3) is 47.8 Å². The van der Waals surface area contributed by atoms with E-state index in [0.717, 1.165) is 41.8 Å². The van der Waals surface area contributed by atoms with Crippen LogP contribution in [0.15, 0.2) is 98.9 Å². The van der Waals surface area contributed by atoms with E-state index in [1.165, 1.54) is 64.4 Å². The zero-order valence-electron chi connectivity index (χ0n) is 69.8. The summed E-state index contributed by atoms with van der Waals surface area (Å²) < 4.78 is 260. The third kappa shape index (κ3) is 15.4. The Morgan fingerprint density at radius 1 is 0.444 bits per heavy atom. The lowest BCUT2D eigenvalue weighted by Crippen LogP contribution is -2.20. The maximum absolute atomic E-state index is 13.5. The Kier molecular flexibility index (Phi) is 13.6. The Hall–Kier alpha value is -8.94. The van der Waals surface area contributed by atoms with Gasteiger partial charge in [-0.05, 0) is 189 Å². The summed E-state index contributed by atoms with van der Waals surface area (Å²) in [6.45, 7) is 3.21. The molecule has 24 nitrogen and oxygen atoms in total. The van der Waals surface area contributed by atoms with Gasteiger partial charge in [-0.2, -0.15) is 0 Å².